The van der Waals surface area contributed by atoms with Gasteiger partial charge in [-0.3, -0.25) is 4.98 Å². The highest BCUT2D eigenvalue weighted by atomic mass is 79.9. The SMILES string of the molecule is CCc1cccnc1CNC(C)c1cc(Br)ccc1F. The molecule has 0 spiro atoms. The molecule has 1 unspecified atom stereocenters. The molecule has 1 atom stereocenters. The van der Waals surface area contributed by atoms with E-state index >= 15 is 0 Å². The van der Waals surface area contributed by atoms with Gasteiger partial charge < -0.3 is 5.32 Å². The fraction of sp³-hybridized carbons (Fsp3) is 0.312. The van der Waals surface area contributed by atoms with E-state index in [-0.39, 0.29) is 11.9 Å². The zero-order valence-electron chi connectivity index (χ0n) is 11.7. The monoisotopic (exact) mass is 336 g/mol. The summed E-state index contributed by atoms with van der Waals surface area (Å²) in [6.45, 7) is 4.70. The fourth-order valence-electron chi connectivity index (χ4n) is 2.16. The third kappa shape index (κ3) is 3.64. The highest BCUT2D eigenvalue weighted by molar-refractivity contribution is 9.10. The van der Waals surface area contributed by atoms with Crippen molar-refractivity contribution < 1.29 is 4.39 Å². The summed E-state index contributed by atoms with van der Waals surface area (Å²) in [6.07, 6.45) is 2.74. The summed E-state index contributed by atoms with van der Waals surface area (Å²) in [4.78, 5) is 4.39. The Morgan fingerprint density at radius 2 is 2.15 bits per heavy atom. The van der Waals surface area contributed by atoms with E-state index in [9.17, 15) is 4.39 Å². The molecule has 1 N–H and O–H groups in total. The van der Waals surface area contributed by atoms with Gasteiger partial charge in [0.2, 0.25) is 0 Å². The van der Waals surface area contributed by atoms with Gasteiger partial charge in [-0.05, 0) is 43.2 Å². The highest BCUT2D eigenvalue weighted by Crippen LogP contribution is 2.22. The number of hydrogen-bond donors (Lipinski definition) is 1. The Morgan fingerprint density at radius 3 is 2.90 bits per heavy atom. The lowest BCUT2D eigenvalue weighted by Gasteiger charge is -2.16. The van der Waals surface area contributed by atoms with Gasteiger partial charge in [0.15, 0.2) is 0 Å². The molecule has 106 valence electrons. The first-order valence-electron chi connectivity index (χ1n) is 6.73. The molecule has 4 heteroatoms. The van der Waals surface area contributed by atoms with Crippen molar-refractivity contribution in [3.05, 3.63) is 63.6 Å². The summed E-state index contributed by atoms with van der Waals surface area (Å²) in [5, 5.41) is 3.33. The first-order chi connectivity index (χ1) is 9.61. The number of pyridine rings is 1. The number of hydrogen-bond acceptors (Lipinski definition) is 2. The zero-order chi connectivity index (χ0) is 14.5. The van der Waals surface area contributed by atoms with Crippen molar-refractivity contribution in [2.45, 2.75) is 32.9 Å². The molecule has 0 saturated carbocycles. The third-order valence-electron chi connectivity index (χ3n) is 3.37. The van der Waals surface area contributed by atoms with Crippen molar-refractivity contribution in [2.75, 3.05) is 0 Å². The first kappa shape index (κ1) is 15.1. The molecule has 0 amide bonds. The van der Waals surface area contributed by atoms with Crippen molar-refractivity contribution in [1.82, 2.24) is 10.3 Å². The molecule has 0 aliphatic rings. The minimum atomic E-state index is -0.190. The van der Waals surface area contributed by atoms with Crippen LogP contribution in [0.4, 0.5) is 4.39 Å². The molecule has 1 heterocycles. The largest absolute Gasteiger partial charge is 0.304 e. The van der Waals surface area contributed by atoms with Crippen LogP contribution in [0.25, 0.3) is 0 Å². The molecule has 1 aromatic heterocycles. The van der Waals surface area contributed by atoms with Crippen LogP contribution < -0.4 is 5.32 Å². The van der Waals surface area contributed by atoms with E-state index in [1.165, 1.54) is 11.6 Å². The van der Waals surface area contributed by atoms with Crippen LogP contribution in [-0.4, -0.2) is 4.98 Å². The number of benzene rings is 1. The van der Waals surface area contributed by atoms with Gasteiger partial charge >= 0.3 is 0 Å². The normalized spacial score (nSPS) is 12.4. The minimum absolute atomic E-state index is 0.0702. The number of aromatic nitrogens is 1. The van der Waals surface area contributed by atoms with Crippen LogP contribution in [0.1, 0.15) is 36.7 Å². The molecule has 0 aliphatic heterocycles. The van der Waals surface area contributed by atoms with E-state index in [1.54, 1.807) is 12.3 Å². The molecule has 20 heavy (non-hydrogen) atoms. The summed E-state index contributed by atoms with van der Waals surface area (Å²) in [5.74, 6) is -0.190. The average Bonchev–Trinajstić information content (AvgIpc) is 2.47. The molecule has 0 radical (unpaired) electrons. The Morgan fingerprint density at radius 1 is 1.35 bits per heavy atom. The number of halogens is 2. The van der Waals surface area contributed by atoms with Crippen LogP contribution >= 0.6 is 15.9 Å². The number of aryl methyl sites for hydroxylation is 1. The fourth-order valence-corrected chi connectivity index (χ4v) is 2.54. The molecule has 0 saturated heterocycles. The Bertz CT molecular complexity index is 586. The first-order valence-corrected chi connectivity index (χ1v) is 7.52. The Balaban J connectivity index is 2.08. The number of nitrogens with zero attached hydrogens (tertiary/aromatic N) is 1. The van der Waals surface area contributed by atoms with E-state index in [2.05, 4.69) is 39.2 Å². The van der Waals surface area contributed by atoms with E-state index < -0.39 is 0 Å². The van der Waals surface area contributed by atoms with Gasteiger partial charge in [0.25, 0.3) is 0 Å². The quantitative estimate of drug-likeness (QED) is 0.875. The van der Waals surface area contributed by atoms with E-state index in [0.717, 1.165) is 16.6 Å². The van der Waals surface area contributed by atoms with Crippen molar-refractivity contribution >= 4 is 15.9 Å². The van der Waals surface area contributed by atoms with Crippen molar-refractivity contribution in [3.63, 3.8) is 0 Å². The number of nitrogens with one attached hydrogen (secondary N) is 1. The predicted molar refractivity (Wildman–Crippen MR) is 83.0 cm³/mol. The average molecular weight is 337 g/mol. The van der Waals surface area contributed by atoms with Gasteiger partial charge in [-0.1, -0.05) is 28.9 Å². The number of rotatable bonds is 5. The summed E-state index contributed by atoms with van der Waals surface area (Å²) >= 11 is 3.38. The van der Waals surface area contributed by atoms with Gasteiger partial charge in [-0.25, -0.2) is 4.39 Å². The van der Waals surface area contributed by atoms with Crippen LogP contribution in [0.3, 0.4) is 0 Å². The lowest BCUT2D eigenvalue weighted by Crippen LogP contribution is -2.20. The second kappa shape index (κ2) is 6.95. The lowest BCUT2D eigenvalue weighted by molar-refractivity contribution is 0.523. The second-order valence-corrected chi connectivity index (χ2v) is 5.65. The topological polar surface area (TPSA) is 24.9 Å². The third-order valence-corrected chi connectivity index (χ3v) is 3.86. The van der Waals surface area contributed by atoms with Crippen molar-refractivity contribution in [1.29, 1.82) is 0 Å². The van der Waals surface area contributed by atoms with Crippen LogP contribution in [0.15, 0.2) is 41.0 Å². The summed E-state index contributed by atoms with van der Waals surface area (Å²) in [7, 11) is 0. The Labute approximate surface area is 127 Å². The van der Waals surface area contributed by atoms with E-state index in [1.807, 2.05) is 19.1 Å². The maximum absolute atomic E-state index is 13.8. The smallest absolute Gasteiger partial charge is 0.128 e. The van der Waals surface area contributed by atoms with Gasteiger partial charge in [-0.15, -0.1) is 0 Å². The molecule has 0 bridgehead atoms. The van der Waals surface area contributed by atoms with Crippen LogP contribution in [-0.2, 0) is 13.0 Å². The lowest BCUT2D eigenvalue weighted by atomic mass is 10.1. The van der Waals surface area contributed by atoms with E-state index in [0.29, 0.717) is 12.1 Å². The van der Waals surface area contributed by atoms with Gasteiger partial charge in [0, 0.05) is 28.8 Å². The molecule has 1 aromatic carbocycles. The van der Waals surface area contributed by atoms with Crippen molar-refractivity contribution in [2.24, 2.45) is 0 Å². The molecule has 0 fully saturated rings. The highest BCUT2D eigenvalue weighted by Gasteiger charge is 2.12. The van der Waals surface area contributed by atoms with Crippen LogP contribution in [0.5, 0.6) is 0 Å². The summed E-state index contributed by atoms with van der Waals surface area (Å²) in [5.41, 5.74) is 2.91. The van der Waals surface area contributed by atoms with Crippen LogP contribution in [0, 0.1) is 5.82 Å². The Hall–Kier alpha value is -1.26. The molecule has 2 nitrogen and oxygen atoms in total. The van der Waals surface area contributed by atoms with E-state index in [4.69, 9.17) is 0 Å². The zero-order valence-corrected chi connectivity index (χ0v) is 13.2. The second-order valence-electron chi connectivity index (χ2n) is 4.73. The minimum Gasteiger partial charge on any atom is -0.304 e. The molecular formula is C16H18BrFN2. The summed E-state index contributed by atoms with van der Waals surface area (Å²) < 4.78 is 14.7. The van der Waals surface area contributed by atoms with Gasteiger partial charge in [0.1, 0.15) is 5.82 Å². The maximum Gasteiger partial charge on any atom is 0.128 e. The van der Waals surface area contributed by atoms with Crippen molar-refractivity contribution in [3.8, 4) is 0 Å². The van der Waals surface area contributed by atoms with Crippen LogP contribution in [0.2, 0.25) is 0 Å². The molecular weight excluding hydrogens is 319 g/mol. The van der Waals surface area contributed by atoms with Gasteiger partial charge in [0.05, 0.1) is 5.69 Å². The van der Waals surface area contributed by atoms with Gasteiger partial charge in [-0.2, -0.15) is 0 Å². The molecule has 2 aromatic rings. The molecule has 0 aliphatic carbocycles. The molecule has 2 rings (SSSR count). The summed E-state index contributed by atoms with van der Waals surface area (Å²) in [6, 6.07) is 8.95. The predicted octanol–water partition coefficient (Wildman–Crippen LogP) is 4.40. The Kier molecular flexibility index (Phi) is 5.26. The standard InChI is InChI=1S/C16H18BrFN2/c1-3-12-5-4-8-19-16(12)10-20-11(2)14-9-13(17)6-7-15(14)18/h4-9,11,20H,3,10H2,1-2H3. The maximum atomic E-state index is 13.8.